The van der Waals surface area contributed by atoms with Crippen LogP contribution in [-0.2, 0) is 0 Å². The van der Waals surface area contributed by atoms with Crippen LogP contribution in [0.1, 0.15) is 18.0 Å². The highest BCUT2D eigenvalue weighted by atomic mass is 32.1. The van der Waals surface area contributed by atoms with E-state index in [1.165, 1.54) is 16.3 Å². The molecule has 0 aliphatic heterocycles. The lowest BCUT2D eigenvalue weighted by molar-refractivity contribution is 0.808. The summed E-state index contributed by atoms with van der Waals surface area (Å²) in [6, 6.07) is 14.7. The van der Waals surface area contributed by atoms with Gasteiger partial charge in [-0.2, -0.15) is 0 Å². The smallest absolute Gasteiger partial charge is 0.110 e. The minimum absolute atomic E-state index is 0.00118. The van der Waals surface area contributed by atoms with Gasteiger partial charge in [0.15, 0.2) is 0 Å². The predicted octanol–water partition coefficient (Wildman–Crippen LogP) is 3.98. The molecule has 0 amide bonds. The first kappa shape index (κ1) is 11.4. The van der Waals surface area contributed by atoms with E-state index in [0.717, 1.165) is 10.7 Å². The standard InChI is InChI=1S/C15H14N2S/c1-10(16)15-17-14(9-18-15)13-8-4-6-11-5-2-3-7-12(11)13/h2-10H,16H2,1H3. The Morgan fingerprint density at radius 3 is 2.67 bits per heavy atom. The number of hydrogen-bond donors (Lipinski definition) is 1. The maximum absolute atomic E-state index is 5.87. The molecular formula is C15H14N2S. The fourth-order valence-corrected chi connectivity index (χ4v) is 2.85. The van der Waals surface area contributed by atoms with Crippen molar-refractivity contribution in [3.05, 3.63) is 52.9 Å². The summed E-state index contributed by atoms with van der Waals surface area (Å²) in [6.07, 6.45) is 0. The molecule has 1 heterocycles. The van der Waals surface area contributed by atoms with E-state index in [4.69, 9.17) is 5.73 Å². The molecule has 3 rings (SSSR count). The van der Waals surface area contributed by atoms with Gasteiger partial charge in [0.25, 0.3) is 0 Å². The fourth-order valence-electron chi connectivity index (χ4n) is 2.07. The molecule has 0 aliphatic carbocycles. The minimum Gasteiger partial charge on any atom is -0.322 e. The monoisotopic (exact) mass is 254 g/mol. The summed E-state index contributed by atoms with van der Waals surface area (Å²) in [5.74, 6) is 0. The molecule has 1 atom stereocenters. The van der Waals surface area contributed by atoms with Crippen molar-refractivity contribution in [1.82, 2.24) is 4.98 Å². The van der Waals surface area contributed by atoms with Crippen molar-refractivity contribution in [2.75, 3.05) is 0 Å². The van der Waals surface area contributed by atoms with Gasteiger partial charge in [-0.05, 0) is 17.7 Å². The topological polar surface area (TPSA) is 38.9 Å². The van der Waals surface area contributed by atoms with Gasteiger partial charge in [0, 0.05) is 10.9 Å². The highest BCUT2D eigenvalue weighted by molar-refractivity contribution is 7.10. The number of rotatable bonds is 2. The lowest BCUT2D eigenvalue weighted by Crippen LogP contribution is -2.03. The van der Waals surface area contributed by atoms with Crippen molar-refractivity contribution in [3.63, 3.8) is 0 Å². The molecule has 0 spiro atoms. The summed E-state index contributed by atoms with van der Waals surface area (Å²) in [4.78, 5) is 4.62. The number of nitrogens with zero attached hydrogens (tertiary/aromatic N) is 1. The van der Waals surface area contributed by atoms with E-state index in [-0.39, 0.29) is 6.04 Å². The molecule has 2 N–H and O–H groups in total. The number of fused-ring (bicyclic) bond motifs is 1. The van der Waals surface area contributed by atoms with E-state index < -0.39 is 0 Å². The van der Waals surface area contributed by atoms with Crippen molar-refractivity contribution in [1.29, 1.82) is 0 Å². The zero-order valence-electron chi connectivity index (χ0n) is 10.1. The number of benzene rings is 2. The molecule has 90 valence electrons. The van der Waals surface area contributed by atoms with E-state index in [1.54, 1.807) is 11.3 Å². The van der Waals surface area contributed by atoms with Gasteiger partial charge in [-0.15, -0.1) is 11.3 Å². The molecule has 0 saturated carbocycles. The Morgan fingerprint density at radius 1 is 1.11 bits per heavy atom. The van der Waals surface area contributed by atoms with Gasteiger partial charge in [0.2, 0.25) is 0 Å². The van der Waals surface area contributed by atoms with Gasteiger partial charge in [-0.3, -0.25) is 0 Å². The highest BCUT2D eigenvalue weighted by Gasteiger charge is 2.09. The van der Waals surface area contributed by atoms with Crippen LogP contribution in [0.4, 0.5) is 0 Å². The van der Waals surface area contributed by atoms with Crippen molar-refractivity contribution < 1.29 is 0 Å². The van der Waals surface area contributed by atoms with E-state index in [9.17, 15) is 0 Å². The molecule has 1 aromatic heterocycles. The molecule has 18 heavy (non-hydrogen) atoms. The van der Waals surface area contributed by atoms with Crippen LogP contribution < -0.4 is 5.73 Å². The fraction of sp³-hybridized carbons (Fsp3) is 0.133. The van der Waals surface area contributed by atoms with Crippen LogP contribution in [0, 0.1) is 0 Å². The third-order valence-corrected chi connectivity index (χ3v) is 4.02. The summed E-state index contributed by atoms with van der Waals surface area (Å²) in [7, 11) is 0. The lowest BCUT2D eigenvalue weighted by Gasteiger charge is -2.03. The average Bonchev–Trinajstić information content (AvgIpc) is 2.87. The van der Waals surface area contributed by atoms with Crippen molar-refractivity contribution >= 4 is 22.1 Å². The van der Waals surface area contributed by atoms with Gasteiger partial charge in [0.1, 0.15) is 5.01 Å². The number of hydrogen-bond acceptors (Lipinski definition) is 3. The first-order valence-electron chi connectivity index (χ1n) is 5.95. The van der Waals surface area contributed by atoms with Crippen molar-refractivity contribution in [2.24, 2.45) is 5.73 Å². The van der Waals surface area contributed by atoms with E-state index >= 15 is 0 Å². The second-order valence-corrected chi connectivity index (χ2v) is 5.28. The van der Waals surface area contributed by atoms with E-state index in [0.29, 0.717) is 0 Å². The molecule has 1 unspecified atom stereocenters. The largest absolute Gasteiger partial charge is 0.322 e. The van der Waals surface area contributed by atoms with Gasteiger partial charge < -0.3 is 5.73 Å². The summed E-state index contributed by atoms with van der Waals surface area (Å²) >= 11 is 1.62. The van der Waals surface area contributed by atoms with Gasteiger partial charge >= 0.3 is 0 Å². The van der Waals surface area contributed by atoms with Gasteiger partial charge in [0.05, 0.1) is 11.7 Å². The maximum atomic E-state index is 5.87. The van der Waals surface area contributed by atoms with Crippen LogP contribution in [-0.4, -0.2) is 4.98 Å². The molecule has 0 radical (unpaired) electrons. The molecule has 0 aliphatic rings. The lowest BCUT2D eigenvalue weighted by atomic mass is 10.0. The zero-order valence-corrected chi connectivity index (χ0v) is 10.9. The number of thiazole rings is 1. The van der Waals surface area contributed by atoms with Gasteiger partial charge in [-0.25, -0.2) is 4.98 Å². The Bertz CT molecular complexity index is 680. The second-order valence-electron chi connectivity index (χ2n) is 4.39. The molecular weight excluding hydrogens is 240 g/mol. The molecule has 3 heteroatoms. The first-order valence-corrected chi connectivity index (χ1v) is 6.83. The Morgan fingerprint density at radius 2 is 1.89 bits per heavy atom. The Labute approximate surface area is 110 Å². The average molecular weight is 254 g/mol. The summed E-state index contributed by atoms with van der Waals surface area (Å²) < 4.78 is 0. The number of nitrogens with two attached hydrogens (primary N) is 1. The Kier molecular flexibility index (Phi) is 2.86. The predicted molar refractivity (Wildman–Crippen MR) is 77.7 cm³/mol. The number of aromatic nitrogens is 1. The van der Waals surface area contributed by atoms with Crippen LogP contribution in [0.25, 0.3) is 22.0 Å². The molecule has 0 bridgehead atoms. The second kappa shape index (κ2) is 4.52. The quantitative estimate of drug-likeness (QED) is 0.751. The Balaban J connectivity index is 2.18. The zero-order chi connectivity index (χ0) is 12.5. The van der Waals surface area contributed by atoms with Crippen LogP contribution in [0.3, 0.4) is 0 Å². The van der Waals surface area contributed by atoms with Crippen molar-refractivity contribution in [3.8, 4) is 11.3 Å². The molecule has 2 nitrogen and oxygen atoms in total. The van der Waals surface area contributed by atoms with Crippen LogP contribution in [0.15, 0.2) is 47.8 Å². The van der Waals surface area contributed by atoms with Gasteiger partial charge in [-0.1, -0.05) is 42.5 Å². The maximum Gasteiger partial charge on any atom is 0.110 e. The normalized spacial score (nSPS) is 12.8. The molecule has 0 fully saturated rings. The SMILES string of the molecule is CC(N)c1nc(-c2cccc3ccccc23)cs1. The van der Waals surface area contributed by atoms with Crippen LogP contribution >= 0.6 is 11.3 Å². The summed E-state index contributed by atoms with van der Waals surface area (Å²) in [6.45, 7) is 1.96. The van der Waals surface area contributed by atoms with Crippen LogP contribution in [0.5, 0.6) is 0 Å². The molecule has 0 saturated heterocycles. The van der Waals surface area contributed by atoms with Crippen LogP contribution in [0.2, 0.25) is 0 Å². The summed E-state index contributed by atoms with van der Waals surface area (Å²) in [5, 5.41) is 5.55. The minimum atomic E-state index is -0.00118. The van der Waals surface area contributed by atoms with E-state index in [2.05, 4.69) is 52.8 Å². The third kappa shape index (κ3) is 1.92. The highest BCUT2D eigenvalue weighted by Crippen LogP contribution is 2.30. The summed E-state index contributed by atoms with van der Waals surface area (Å²) in [5.41, 5.74) is 8.06. The van der Waals surface area contributed by atoms with Crippen molar-refractivity contribution in [2.45, 2.75) is 13.0 Å². The van der Waals surface area contributed by atoms with E-state index in [1.807, 2.05) is 6.92 Å². The Hall–Kier alpha value is -1.71. The molecule has 3 aromatic rings. The first-order chi connectivity index (χ1) is 8.75. The molecule has 2 aromatic carbocycles. The third-order valence-electron chi connectivity index (χ3n) is 2.98.